The summed E-state index contributed by atoms with van der Waals surface area (Å²) in [5, 5.41) is 0.768. The molecular weight excluding hydrogens is 370 g/mol. The van der Waals surface area contributed by atoms with E-state index >= 15 is 0 Å². The number of hydrogen-bond donors (Lipinski definition) is 0. The maximum atomic E-state index is 13.0. The summed E-state index contributed by atoms with van der Waals surface area (Å²) in [6.45, 7) is 4.13. The Hall–Kier alpha value is -2.04. The predicted octanol–water partition coefficient (Wildman–Crippen LogP) is 4.00. The highest BCUT2D eigenvalue weighted by molar-refractivity contribution is 6.30. The summed E-state index contributed by atoms with van der Waals surface area (Å²) in [5.74, 6) is 0.220. The molecule has 0 bridgehead atoms. The molecule has 1 fully saturated rings. The van der Waals surface area contributed by atoms with Crippen LogP contribution >= 0.6 is 11.6 Å². The van der Waals surface area contributed by atoms with Crippen molar-refractivity contribution in [3.63, 3.8) is 0 Å². The largest absolute Gasteiger partial charge is 0.369 e. The monoisotopic (exact) mass is 397 g/mol. The number of rotatable bonds is 4. The van der Waals surface area contributed by atoms with Crippen LogP contribution in [0.1, 0.15) is 30.0 Å². The van der Waals surface area contributed by atoms with Crippen LogP contribution in [-0.2, 0) is 11.2 Å². The molecule has 0 saturated carbocycles. The maximum Gasteiger partial charge on any atom is 0.237 e. The second-order valence-corrected chi connectivity index (χ2v) is 8.29. The number of halogens is 1. The highest BCUT2D eigenvalue weighted by Crippen LogP contribution is 2.33. The van der Waals surface area contributed by atoms with Crippen molar-refractivity contribution in [1.82, 2.24) is 9.80 Å². The summed E-state index contributed by atoms with van der Waals surface area (Å²) in [7, 11) is 1.97. The van der Waals surface area contributed by atoms with Gasteiger partial charge in [0.15, 0.2) is 0 Å². The standard InChI is InChI=1S/C23H28ClN3O/c1-25(22-11-4-7-18-6-2-3-10-21(18)22)23(28)17-26-12-14-27(15-13-26)20-9-5-8-19(24)16-20/h2-3,5-6,8-10,16,22H,4,7,11-15,17H2,1H3/t22-/m1/s1. The number of benzene rings is 2. The van der Waals surface area contributed by atoms with Gasteiger partial charge in [0.1, 0.15) is 0 Å². The minimum atomic E-state index is 0.213. The van der Waals surface area contributed by atoms with Crippen LogP contribution < -0.4 is 4.90 Å². The topological polar surface area (TPSA) is 26.8 Å². The van der Waals surface area contributed by atoms with Gasteiger partial charge in [-0.25, -0.2) is 0 Å². The number of likely N-dealkylation sites (N-methyl/N-ethyl adjacent to an activating group) is 1. The van der Waals surface area contributed by atoms with Crippen LogP contribution in [0.3, 0.4) is 0 Å². The van der Waals surface area contributed by atoms with Crippen molar-refractivity contribution in [2.75, 3.05) is 44.7 Å². The number of piperazine rings is 1. The molecule has 4 nitrogen and oxygen atoms in total. The number of carbonyl (C=O) groups excluding carboxylic acids is 1. The molecule has 5 heteroatoms. The fraction of sp³-hybridized carbons (Fsp3) is 0.435. The van der Waals surface area contributed by atoms with E-state index in [1.165, 1.54) is 11.1 Å². The SMILES string of the molecule is CN(C(=O)CN1CCN(c2cccc(Cl)c2)CC1)[C@@H]1CCCc2ccccc21. The molecule has 0 aromatic heterocycles. The molecule has 1 heterocycles. The lowest BCUT2D eigenvalue weighted by molar-refractivity contribution is -0.133. The molecule has 0 N–H and O–H groups in total. The first-order valence-electron chi connectivity index (χ1n) is 10.2. The van der Waals surface area contributed by atoms with Gasteiger partial charge in [0.25, 0.3) is 0 Å². The van der Waals surface area contributed by atoms with Crippen molar-refractivity contribution in [2.24, 2.45) is 0 Å². The first kappa shape index (κ1) is 19.3. The minimum Gasteiger partial charge on any atom is -0.369 e. The van der Waals surface area contributed by atoms with Crippen LogP contribution in [0.2, 0.25) is 5.02 Å². The Morgan fingerprint density at radius 3 is 2.68 bits per heavy atom. The summed E-state index contributed by atoms with van der Waals surface area (Å²) in [6.07, 6.45) is 3.33. The molecular formula is C23H28ClN3O. The quantitative estimate of drug-likeness (QED) is 0.780. The third kappa shape index (κ3) is 4.18. The van der Waals surface area contributed by atoms with Gasteiger partial charge in [0.05, 0.1) is 12.6 Å². The first-order chi connectivity index (χ1) is 13.6. The number of amides is 1. The zero-order chi connectivity index (χ0) is 19.5. The van der Waals surface area contributed by atoms with Gasteiger partial charge in [-0.3, -0.25) is 9.69 Å². The Kier molecular flexibility index (Phi) is 5.88. The molecule has 2 aliphatic rings. The molecule has 1 atom stereocenters. The van der Waals surface area contributed by atoms with E-state index in [1.807, 2.05) is 30.1 Å². The Labute approximate surface area is 172 Å². The van der Waals surface area contributed by atoms with E-state index in [0.29, 0.717) is 6.54 Å². The van der Waals surface area contributed by atoms with Crippen LogP contribution in [0.15, 0.2) is 48.5 Å². The second-order valence-electron chi connectivity index (χ2n) is 7.85. The Bertz CT molecular complexity index is 832. The molecule has 1 saturated heterocycles. The van der Waals surface area contributed by atoms with E-state index in [4.69, 9.17) is 11.6 Å². The fourth-order valence-electron chi connectivity index (χ4n) is 4.44. The van der Waals surface area contributed by atoms with E-state index < -0.39 is 0 Å². The average Bonchev–Trinajstić information content (AvgIpc) is 2.73. The van der Waals surface area contributed by atoms with Crippen LogP contribution in [0, 0.1) is 0 Å². The maximum absolute atomic E-state index is 13.0. The summed E-state index contributed by atoms with van der Waals surface area (Å²) in [6, 6.07) is 16.8. The molecule has 4 rings (SSSR count). The van der Waals surface area contributed by atoms with E-state index in [1.54, 1.807) is 0 Å². The van der Waals surface area contributed by atoms with Crippen molar-refractivity contribution in [3.8, 4) is 0 Å². The smallest absolute Gasteiger partial charge is 0.237 e. The minimum absolute atomic E-state index is 0.213. The zero-order valence-electron chi connectivity index (χ0n) is 16.5. The summed E-state index contributed by atoms with van der Waals surface area (Å²) in [4.78, 5) is 19.6. The predicted molar refractivity (Wildman–Crippen MR) is 115 cm³/mol. The highest BCUT2D eigenvalue weighted by Gasteiger charge is 2.28. The summed E-state index contributed by atoms with van der Waals surface area (Å²) < 4.78 is 0. The molecule has 2 aromatic carbocycles. The molecule has 0 radical (unpaired) electrons. The lowest BCUT2D eigenvalue weighted by Gasteiger charge is -2.38. The number of anilines is 1. The van der Waals surface area contributed by atoms with Crippen molar-refractivity contribution < 1.29 is 4.79 Å². The molecule has 0 spiro atoms. The Morgan fingerprint density at radius 2 is 1.89 bits per heavy atom. The molecule has 1 amide bonds. The number of nitrogens with zero attached hydrogens (tertiary/aromatic N) is 3. The van der Waals surface area contributed by atoms with Gasteiger partial charge in [-0.05, 0) is 48.6 Å². The summed E-state index contributed by atoms with van der Waals surface area (Å²) >= 11 is 6.12. The fourth-order valence-corrected chi connectivity index (χ4v) is 4.63. The van der Waals surface area contributed by atoms with E-state index in [9.17, 15) is 4.79 Å². The third-order valence-electron chi connectivity index (χ3n) is 6.10. The van der Waals surface area contributed by atoms with Crippen molar-refractivity contribution in [1.29, 1.82) is 0 Å². The Balaban J connectivity index is 1.34. The van der Waals surface area contributed by atoms with E-state index in [0.717, 1.165) is 56.2 Å². The van der Waals surface area contributed by atoms with E-state index in [2.05, 4.69) is 40.1 Å². The zero-order valence-corrected chi connectivity index (χ0v) is 17.2. The van der Waals surface area contributed by atoms with Crippen LogP contribution in [0.4, 0.5) is 5.69 Å². The van der Waals surface area contributed by atoms with Gasteiger partial charge < -0.3 is 9.80 Å². The third-order valence-corrected chi connectivity index (χ3v) is 6.34. The van der Waals surface area contributed by atoms with Gasteiger partial charge in [0, 0.05) is 43.9 Å². The number of aryl methyl sites for hydroxylation is 1. The average molecular weight is 398 g/mol. The lowest BCUT2D eigenvalue weighted by Crippen LogP contribution is -2.50. The Morgan fingerprint density at radius 1 is 1.11 bits per heavy atom. The van der Waals surface area contributed by atoms with Crippen LogP contribution in [0.25, 0.3) is 0 Å². The van der Waals surface area contributed by atoms with Gasteiger partial charge in [-0.15, -0.1) is 0 Å². The second kappa shape index (κ2) is 8.54. The molecule has 1 aliphatic heterocycles. The van der Waals surface area contributed by atoms with Crippen molar-refractivity contribution >= 4 is 23.2 Å². The van der Waals surface area contributed by atoms with Gasteiger partial charge in [-0.2, -0.15) is 0 Å². The molecule has 148 valence electrons. The summed E-state index contributed by atoms with van der Waals surface area (Å²) in [5.41, 5.74) is 3.89. The number of hydrogen-bond acceptors (Lipinski definition) is 3. The van der Waals surface area contributed by atoms with Crippen molar-refractivity contribution in [2.45, 2.75) is 25.3 Å². The van der Waals surface area contributed by atoms with Gasteiger partial charge in [0.2, 0.25) is 5.91 Å². The molecule has 28 heavy (non-hydrogen) atoms. The number of carbonyl (C=O) groups is 1. The van der Waals surface area contributed by atoms with Crippen molar-refractivity contribution in [3.05, 3.63) is 64.7 Å². The first-order valence-corrected chi connectivity index (χ1v) is 10.6. The van der Waals surface area contributed by atoms with Gasteiger partial charge in [-0.1, -0.05) is 41.9 Å². The normalized spacial score (nSPS) is 19.9. The lowest BCUT2D eigenvalue weighted by atomic mass is 9.87. The van der Waals surface area contributed by atoms with Crippen LogP contribution in [0.5, 0.6) is 0 Å². The molecule has 1 aliphatic carbocycles. The number of fused-ring (bicyclic) bond motifs is 1. The van der Waals surface area contributed by atoms with Crippen LogP contribution in [-0.4, -0.2) is 55.5 Å². The molecule has 0 unspecified atom stereocenters. The molecule has 2 aromatic rings. The van der Waals surface area contributed by atoms with Gasteiger partial charge >= 0.3 is 0 Å². The highest BCUT2D eigenvalue weighted by atomic mass is 35.5. The van der Waals surface area contributed by atoms with E-state index in [-0.39, 0.29) is 11.9 Å².